The molecule has 0 bridgehead atoms. The number of aromatic nitrogens is 2. The van der Waals surface area contributed by atoms with E-state index in [0.29, 0.717) is 25.5 Å². The van der Waals surface area contributed by atoms with Crippen LogP contribution in [0, 0.1) is 5.92 Å². The summed E-state index contributed by atoms with van der Waals surface area (Å²) in [6.07, 6.45) is 4.83. The fourth-order valence-corrected chi connectivity index (χ4v) is 4.10. The van der Waals surface area contributed by atoms with Gasteiger partial charge in [0, 0.05) is 31.7 Å². The summed E-state index contributed by atoms with van der Waals surface area (Å²) >= 11 is 0. The largest absolute Gasteiger partial charge is 0.493 e. The van der Waals surface area contributed by atoms with Gasteiger partial charge in [-0.25, -0.2) is 0 Å². The first kappa shape index (κ1) is 18.0. The number of benzene rings is 1. The Hall–Kier alpha value is -2.34. The van der Waals surface area contributed by atoms with E-state index in [1.165, 1.54) is 25.9 Å². The summed E-state index contributed by atoms with van der Waals surface area (Å²) in [7, 11) is 0. The molecule has 1 atom stereocenters. The predicted octanol–water partition coefficient (Wildman–Crippen LogP) is 2.41. The van der Waals surface area contributed by atoms with Gasteiger partial charge in [0.25, 0.3) is 0 Å². The average Bonchev–Trinajstić information content (AvgIpc) is 3.31. The number of carbonyl (C=O) groups excluding carboxylic acids is 1. The lowest BCUT2D eigenvalue weighted by Crippen LogP contribution is -2.38. The minimum atomic E-state index is 0.159. The fraction of sp³-hybridized carbons (Fsp3) is 0.524. The molecule has 0 aliphatic carbocycles. The normalized spacial score (nSPS) is 20.3. The van der Waals surface area contributed by atoms with Crippen LogP contribution in [0.1, 0.15) is 25.0 Å². The Bertz CT molecular complexity index is 740. The molecule has 1 aromatic heterocycles. The van der Waals surface area contributed by atoms with Gasteiger partial charge in [-0.2, -0.15) is 5.10 Å². The van der Waals surface area contributed by atoms with E-state index in [9.17, 15) is 4.79 Å². The first-order chi connectivity index (χ1) is 13.3. The summed E-state index contributed by atoms with van der Waals surface area (Å²) in [5.74, 6) is 1.39. The smallest absolute Gasteiger partial charge is 0.226 e. The van der Waals surface area contributed by atoms with Crippen LogP contribution < -0.4 is 4.74 Å². The molecular formula is C21H28N4O2. The third kappa shape index (κ3) is 4.69. The number of ether oxygens (including phenoxy) is 1. The molecule has 1 aromatic carbocycles. The molecule has 0 radical (unpaired) electrons. The molecule has 1 fully saturated rings. The second-order valence-corrected chi connectivity index (χ2v) is 7.56. The van der Waals surface area contributed by atoms with E-state index in [2.05, 4.69) is 14.7 Å². The monoisotopic (exact) mass is 368 g/mol. The van der Waals surface area contributed by atoms with Gasteiger partial charge in [0.05, 0.1) is 25.3 Å². The average molecular weight is 368 g/mol. The number of fused-ring (bicyclic) bond motifs is 1. The minimum Gasteiger partial charge on any atom is -0.493 e. The number of para-hydroxylation sites is 1. The van der Waals surface area contributed by atoms with Gasteiger partial charge in [0.1, 0.15) is 5.75 Å². The summed E-state index contributed by atoms with van der Waals surface area (Å²) in [6, 6.07) is 11.7. The van der Waals surface area contributed by atoms with Crippen molar-refractivity contribution in [1.82, 2.24) is 19.6 Å². The summed E-state index contributed by atoms with van der Waals surface area (Å²) in [6.45, 7) is 6.15. The van der Waals surface area contributed by atoms with Crippen LogP contribution in [0.15, 0.2) is 42.6 Å². The molecule has 144 valence electrons. The van der Waals surface area contributed by atoms with Crippen molar-refractivity contribution in [2.45, 2.75) is 32.4 Å². The second kappa shape index (κ2) is 8.57. The Kier molecular flexibility index (Phi) is 5.72. The van der Waals surface area contributed by atoms with E-state index < -0.39 is 0 Å². The highest BCUT2D eigenvalue weighted by Crippen LogP contribution is 2.20. The van der Waals surface area contributed by atoms with E-state index in [1.807, 2.05) is 47.5 Å². The van der Waals surface area contributed by atoms with Crippen LogP contribution in [0.4, 0.5) is 0 Å². The quantitative estimate of drug-likeness (QED) is 0.786. The lowest BCUT2D eigenvalue weighted by molar-refractivity contribution is -0.133. The molecule has 0 N–H and O–H groups in total. The zero-order valence-corrected chi connectivity index (χ0v) is 15.8. The maximum Gasteiger partial charge on any atom is 0.226 e. The van der Waals surface area contributed by atoms with Crippen molar-refractivity contribution in [1.29, 1.82) is 0 Å². The van der Waals surface area contributed by atoms with Gasteiger partial charge in [0.15, 0.2) is 0 Å². The maximum atomic E-state index is 12.9. The number of likely N-dealkylation sites (tertiary alicyclic amines) is 1. The molecule has 3 heterocycles. The number of hydrogen-bond donors (Lipinski definition) is 0. The third-order valence-electron chi connectivity index (χ3n) is 5.46. The van der Waals surface area contributed by atoms with Crippen molar-refractivity contribution in [2.24, 2.45) is 5.92 Å². The molecular weight excluding hydrogens is 340 g/mol. The molecule has 1 saturated heterocycles. The summed E-state index contributed by atoms with van der Waals surface area (Å²) < 4.78 is 7.79. The highest BCUT2D eigenvalue weighted by atomic mass is 16.5. The summed E-state index contributed by atoms with van der Waals surface area (Å²) in [5, 5.41) is 4.47. The molecule has 6 heteroatoms. The Morgan fingerprint density at radius 2 is 1.93 bits per heavy atom. The first-order valence-corrected chi connectivity index (χ1v) is 9.96. The van der Waals surface area contributed by atoms with Crippen molar-refractivity contribution in [3.8, 4) is 5.75 Å². The van der Waals surface area contributed by atoms with Crippen LogP contribution in [0.3, 0.4) is 0 Å². The van der Waals surface area contributed by atoms with E-state index in [1.54, 1.807) is 0 Å². The molecule has 27 heavy (non-hydrogen) atoms. The van der Waals surface area contributed by atoms with Gasteiger partial charge >= 0.3 is 0 Å². The third-order valence-corrected chi connectivity index (χ3v) is 5.46. The topological polar surface area (TPSA) is 50.6 Å². The van der Waals surface area contributed by atoms with Crippen molar-refractivity contribution in [2.75, 3.05) is 32.8 Å². The molecule has 4 rings (SSSR count). The lowest BCUT2D eigenvalue weighted by atomic mass is 10.1. The minimum absolute atomic E-state index is 0.159. The highest BCUT2D eigenvalue weighted by Gasteiger charge is 2.27. The van der Waals surface area contributed by atoms with Crippen LogP contribution in [-0.4, -0.2) is 58.3 Å². The molecule has 2 aromatic rings. The van der Waals surface area contributed by atoms with Gasteiger partial charge < -0.3 is 14.5 Å². The molecule has 1 amide bonds. The zero-order chi connectivity index (χ0) is 18.5. The molecule has 6 nitrogen and oxygen atoms in total. The lowest BCUT2D eigenvalue weighted by Gasteiger charge is -2.27. The Morgan fingerprint density at radius 1 is 1.11 bits per heavy atom. The summed E-state index contributed by atoms with van der Waals surface area (Å²) in [4.78, 5) is 17.4. The molecule has 0 saturated carbocycles. The molecule has 0 spiro atoms. The van der Waals surface area contributed by atoms with Gasteiger partial charge in [-0.05, 0) is 44.1 Å². The van der Waals surface area contributed by atoms with E-state index in [-0.39, 0.29) is 5.91 Å². The number of hydrogen-bond acceptors (Lipinski definition) is 4. The second-order valence-electron chi connectivity index (χ2n) is 7.56. The van der Waals surface area contributed by atoms with Crippen molar-refractivity contribution in [3.05, 3.63) is 48.3 Å². The van der Waals surface area contributed by atoms with Crippen LogP contribution >= 0.6 is 0 Å². The van der Waals surface area contributed by atoms with Gasteiger partial charge in [-0.1, -0.05) is 18.2 Å². The van der Waals surface area contributed by atoms with Gasteiger partial charge in [-0.15, -0.1) is 0 Å². The Balaban J connectivity index is 1.36. The van der Waals surface area contributed by atoms with Crippen molar-refractivity contribution in [3.63, 3.8) is 0 Å². The molecule has 1 unspecified atom stereocenters. The van der Waals surface area contributed by atoms with Crippen LogP contribution in [0.2, 0.25) is 0 Å². The Labute approximate surface area is 160 Å². The van der Waals surface area contributed by atoms with Crippen molar-refractivity contribution < 1.29 is 9.53 Å². The molecule has 2 aliphatic heterocycles. The van der Waals surface area contributed by atoms with E-state index in [0.717, 1.165) is 31.1 Å². The van der Waals surface area contributed by atoms with Crippen LogP contribution in [0.25, 0.3) is 0 Å². The SMILES string of the molecule is O=C(CCOc1ccccc1)N1Cc2ccnn2CC(CN2CCCC2)C1. The fourth-order valence-electron chi connectivity index (χ4n) is 4.10. The molecule has 2 aliphatic rings. The standard InChI is InChI=1S/C21H28N4O2/c26-21(9-13-27-20-6-2-1-3-7-20)24-15-18(14-23-11-4-5-12-23)16-25-19(17-24)8-10-22-25/h1-3,6-8,10,18H,4-5,9,11-17H2. The van der Waals surface area contributed by atoms with E-state index >= 15 is 0 Å². The number of rotatable bonds is 6. The van der Waals surface area contributed by atoms with Crippen LogP contribution in [0.5, 0.6) is 5.75 Å². The first-order valence-electron chi connectivity index (χ1n) is 9.96. The number of carbonyl (C=O) groups is 1. The summed E-state index contributed by atoms with van der Waals surface area (Å²) in [5.41, 5.74) is 1.12. The maximum absolute atomic E-state index is 12.9. The zero-order valence-electron chi connectivity index (χ0n) is 15.8. The van der Waals surface area contributed by atoms with Crippen molar-refractivity contribution >= 4 is 5.91 Å². The predicted molar refractivity (Wildman–Crippen MR) is 103 cm³/mol. The van der Waals surface area contributed by atoms with E-state index in [4.69, 9.17) is 4.74 Å². The van der Waals surface area contributed by atoms with Crippen LogP contribution in [-0.2, 0) is 17.9 Å². The van der Waals surface area contributed by atoms with Gasteiger partial charge in [0.2, 0.25) is 5.91 Å². The Morgan fingerprint density at radius 3 is 2.74 bits per heavy atom. The highest BCUT2D eigenvalue weighted by molar-refractivity contribution is 5.76. The van der Waals surface area contributed by atoms with Gasteiger partial charge in [-0.3, -0.25) is 9.48 Å². The number of nitrogens with zero attached hydrogens (tertiary/aromatic N) is 4. The number of amides is 1.